The molecule has 10 nitrogen and oxygen atoms in total. The summed E-state index contributed by atoms with van der Waals surface area (Å²) in [6.45, 7) is 5.70. The highest BCUT2D eigenvalue weighted by Crippen LogP contribution is 2.40. The Kier molecular flexibility index (Phi) is 9.59. The summed E-state index contributed by atoms with van der Waals surface area (Å²) >= 11 is 6.69. The predicted molar refractivity (Wildman–Crippen MR) is 188 cm³/mol. The lowest BCUT2D eigenvalue weighted by molar-refractivity contribution is -0.00585. The first-order valence-electron chi connectivity index (χ1n) is 16.5. The topological polar surface area (TPSA) is 114 Å². The van der Waals surface area contributed by atoms with E-state index < -0.39 is 17.7 Å². The van der Waals surface area contributed by atoms with Crippen LogP contribution in [0, 0.1) is 5.92 Å². The minimum absolute atomic E-state index is 0.203. The fourth-order valence-electron chi connectivity index (χ4n) is 6.63. The summed E-state index contributed by atoms with van der Waals surface area (Å²) in [7, 11) is 1.58. The normalized spacial score (nSPS) is 22.5. The van der Waals surface area contributed by atoms with Crippen molar-refractivity contribution in [2.24, 2.45) is 5.92 Å². The maximum absolute atomic E-state index is 14.1. The van der Waals surface area contributed by atoms with Crippen molar-refractivity contribution in [2.45, 2.75) is 44.3 Å². The molecular formula is C37H39ClFN7O3. The van der Waals surface area contributed by atoms with E-state index in [0.717, 1.165) is 34.2 Å². The van der Waals surface area contributed by atoms with Crippen LogP contribution in [0.5, 0.6) is 5.75 Å². The number of likely N-dealkylation sites (tertiary alicyclic amines) is 1. The molecule has 0 radical (unpaired) electrons. The number of carbonyl (C=O) groups is 1. The van der Waals surface area contributed by atoms with Gasteiger partial charge in [-0.15, -0.1) is 0 Å². The van der Waals surface area contributed by atoms with Crippen LogP contribution in [0.1, 0.15) is 40.5 Å². The number of ether oxygens (including phenoxy) is 2. The third-order valence-electron chi connectivity index (χ3n) is 9.51. The van der Waals surface area contributed by atoms with E-state index in [1.165, 1.54) is 0 Å². The van der Waals surface area contributed by atoms with Gasteiger partial charge in [0.25, 0.3) is 5.91 Å². The molecule has 7 rings (SSSR count). The molecule has 4 aromatic rings. The van der Waals surface area contributed by atoms with Crippen LogP contribution in [0.25, 0.3) is 16.5 Å². The van der Waals surface area contributed by atoms with Gasteiger partial charge in [0.05, 0.1) is 26.4 Å². The van der Waals surface area contributed by atoms with Crippen LogP contribution < -0.4 is 20.7 Å². The highest BCUT2D eigenvalue weighted by Gasteiger charge is 2.41. The average molecular weight is 684 g/mol. The van der Waals surface area contributed by atoms with Crippen molar-refractivity contribution in [2.75, 3.05) is 38.7 Å². The molecule has 12 heteroatoms. The summed E-state index contributed by atoms with van der Waals surface area (Å²) in [5.74, 6) is 0.335. The largest absolute Gasteiger partial charge is 0.496 e. The van der Waals surface area contributed by atoms with Gasteiger partial charge in [0.1, 0.15) is 28.8 Å². The summed E-state index contributed by atoms with van der Waals surface area (Å²) in [5, 5.41) is 11.7. The van der Waals surface area contributed by atoms with Gasteiger partial charge in [0.2, 0.25) is 0 Å². The van der Waals surface area contributed by atoms with E-state index in [9.17, 15) is 9.18 Å². The van der Waals surface area contributed by atoms with E-state index in [4.69, 9.17) is 26.1 Å². The van der Waals surface area contributed by atoms with E-state index in [1.807, 2.05) is 61.7 Å². The second kappa shape index (κ2) is 14.2. The number of alkyl halides is 1. The SMILES string of the molecule is COc1cc(C(=O)NC2(Nc3nccc4cc(CN5CCC(F)C5)cnc34)C=CC=C(c3ccccc3Cl)[C@H]2C)ncc1CNC1COC1. The van der Waals surface area contributed by atoms with E-state index >= 15 is 0 Å². The fourth-order valence-corrected chi connectivity index (χ4v) is 6.87. The molecule has 5 heterocycles. The van der Waals surface area contributed by atoms with Crippen molar-refractivity contribution in [3.05, 3.63) is 107 Å². The maximum atomic E-state index is 14.1. The molecule has 2 saturated heterocycles. The molecule has 0 spiro atoms. The van der Waals surface area contributed by atoms with Crippen molar-refractivity contribution >= 4 is 39.8 Å². The molecule has 254 valence electrons. The first kappa shape index (κ1) is 33.1. The third kappa shape index (κ3) is 7.02. The summed E-state index contributed by atoms with van der Waals surface area (Å²) in [6, 6.07) is 13.6. The Morgan fingerprint density at radius 2 is 2.02 bits per heavy atom. The Hall–Kier alpha value is -4.42. The zero-order chi connectivity index (χ0) is 34.0. The number of allylic oxidation sites excluding steroid dienone is 2. The first-order chi connectivity index (χ1) is 23.8. The zero-order valence-electron chi connectivity index (χ0n) is 27.5. The monoisotopic (exact) mass is 683 g/mol. The van der Waals surface area contributed by atoms with Crippen molar-refractivity contribution in [1.82, 2.24) is 30.5 Å². The van der Waals surface area contributed by atoms with Gasteiger partial charge in [-0.25, -0.2) is 9.37 Å². The molecule has 3 atom stereocenters. The van der Waals surface area contributed by atoms with Crippen LogP contribution in [-0.2, 0) is 17.8 Å². The fraction of sp³-hybridized carbons (Fsp3) is 0.351. The molecule has 3 aromatic heterocycles. The molecule has 3 aliphatic rings. The minimum atomic E-state index is -1.16. The van der Waals surface area contributed by atoms with E-state index in [-0.39, 0.29) is 17.7 Å². The van der Waals surface area contributed by atoms with Crippen LogP contribution in [0.2, 0.25) is 5.02 Å². The predicted octanol–water partition coefficient (Wildman–Crippen LogP) is 5.55. The number of amides is 1. The number of benzene rings is 1. The molecule has 2 fully saturated rings. The lowest BCUT2D eigenvalue weighted by Gasteiger charge is -2.41. The molecule has 1 amide bonds. The summed E-state index contributed by atoms with van der Waals surface area (Å²) < 4.78 is 24.7. The summed E-state index contributed by atoms with van der Waals surface area (Å²) in [4.78, 5) is 30.2. The van der Waals surface area contributed by atoms with Crippen molar-refractivity contribution < 1.29 is 18.7 Å². The van der Waals surface area contributed by atoms with Gasteiger partial charge in [-0.2, -0.15) is 0 Å². The molecule has 1 aliphatic carbocycles. The maximum Gasteiger partial charge on any atom is 0.272 e. The highest BCUT2D eigenvalue weighted by molar-refractivity contribution is 6.32. The number of methoxy groups -OCH3 is 1. The van der Waals surface area contributed by atoms with Crippen molar-refractivity contribution in [3.63, 3.8) is 0 Å². The van der Waals surface area contributed by atoms with Gasteiger partial charge in [0, 0.05) is 72.7 Å². The van der Waals surface area contributed by atoms with E-state index in [1.54, 1.807) is 25.6 Å². The lowest BCUT2D eigenvalue weighted by atomic mass is 9.79. The molecule has 3 N–H and O–H groups in total. The van der Waals surface area contributed by atoms with Gasteiger partial charge < -0.3 is 25.4 Å². The van der Waals surface area contributed by atoms with Crippen molar-refractivity contribution in [3.8, 4) is 5.75 Å². The van der Waals surface area contributed by atoms with Gasteiger partial charge >= 0.3 is 0 Å². The number of aromatic nitrogens is 3. The number of anilines is 1. The number of fused-ring (bicyclic) bond motifs is 1. The molecule has 0 saturated carbocycles. The van der Waals surface area contributed by atoms with Gasteiger partial charge in [-0.05, 0) is 47.4 Å². The number of nitrogens with one attached hydrogen (secondary N) is 3. The van der Waals surface area contributed by atoms with Crippen LogP contribution in [0.3, 0.4) is 0 Å². The van der Waals surface area contributed by atoms with Gasteiger partial charge in [-0.1, -0.05) is 48.9 Å². The summed E-state index contributed by atoms with van der Waals surface area (Å²) in [5.41, 5.74) is 3.32. The second-order valence-electron chi connectivity index (χ2n) is 12.8. The molecule has 1 aromatic carbocycles. The molecule has 2 unspecified atom stereocenters. The quantitative estimate of drug-likeness (QED) is 0.175. The standard InChI is InChI=1S/C37H39ClFN7O3/c1-23-29(30-6-3-4-8-31(30)38)7-5-11-37(23,45-36(47)32-15-33(48-2)26(18-42-32)17-41-28-21-49-22-28)44-35-34-25(9-12-40-35)14-24(16-43-34)19-46-13-10-27(39)20-46/h3-9,11-12,14-16,18,23,27-28,41H,10,13,17,19-22H2,1-2H3,(H,40,44)(H,45,47)/t23-,27?,37?/m1/s1. The van der Waals surface area contributed by atoms with Crippen molar-refractivity contribution in [1.29, 1.82) is 0 Å². The van der Waals surface area contributed by atoms with Crippen LogP contribution in [-0.4, -0.2) is 77.0 Å². The zero-order valence-corrected chi connectivity index (χ0v) is 28.2. The van der Waals surface area contributed by atoms with E-state index in [2.05, 4.69) is 36.9 Å². The average Bonchev–Trinajstić information content (AvgIpc) is 3.49. The highest BCUT2D eigenvalue weighted by atomic mass is 35.5. The van der Waals surface area contributed by atoms with Crippen LogP contribution in [0.15, 0.2) is 79.3 Å². The molecule has 2 aliphatic heterocycles. The Labute approximate surface area is 289 Å². The number of hydrogen-bond acceptors (Lipinski definition) is 9. The number of rotatable bonds is 11. The first-order valence-corrected chi connectivity index (χ1v) is 16.9. The Balaban J connectivity index is 1.21. The number of carbonyl (C=O) groups excluding carboxylic acids is 1. The van der Waals surface area contributed by atoms with Crippen LogP contribution >= 0.6 is 11.6 Å². The van der Waals surface area contributed by atoms with Gasteiger partial charge in [-0.3, -0.25) is 19.7 Å². The number of hydrogen-bond donors (Lipinski definition) is 3. The number of nitrogens with zero attached hydrogens (tertiary/aromatic N) is 4. The second-order valence-corrected chi connectivity index (χ2v) is 13.2. The molecule has 0 bridgehead atoms. The summed E-state index contributed by atoms with van der Waals surface area (Å²) in [6.07, 6.45) is 10.8. The smallest absolute Gasteiger partial charge is 0.272 e. The molecular weight excluding hydrogens is 645 g/mol. The number of pyridine rings is 3. The molecule has 49 heavy (non-hydrogen) atoms. The number of halogens is 2. The lowest BCUT2D eigenvalue weighted by Crippen LogP contribution is -2.58. The Morgan fingerprint density at radius 1 is 1.16 bits per heavy atom. The Bertz CT molecular complexity index is 1920. The van der Waals surface area contributed by atoms with E-state index in [0.29, 0.717) is 61.4 Å². The minimum Gasteiger partial charge on any atom is -0.496 e. The Morgan fingerprint density at radius 3 is 2.78 bits per heavy atom. The van der Waals surface area contributed by atoms with Gasteiger partial charge in [0.15, 0.2) is 5.82 Å². The van der Waals surface area contributed by atoms with Crippen LogP contribution in [0.4, 0.5) is 10.2 Å². The third-order valence-corrected chi connectivity index (χ3v) is 9.84.